The minimum absolute atomic E-state index is 0.228. The van der Waals surface area contributed by atoms with E-state index in [1.807, 2.05) is 30.3 Å². The molecule has 5 heteroatoms. The van der Waals surface area contributed by atoms with Crippen LogP contribution in [0.1, 0.15) is 11.6 Å². The van der Waals surface area contributed by atoms with E-state index in [0.717, 1.165) is 5.56 Å². The third-order valence-corrected chi connectivity index (χ3v) is 2.61. The predicted octanol–water partition coefficient (Wildman–Crippen LogP) is 0.832. The molecule has 1 amide bonds. The van der Waals surface area contributed by atoms with E-state index in [0.29, 0.717) is 0 Å². The topological polar surface area (TPSA) is 60.9 Å². The first-order valence-corrected chi connectivity index (χ1v) is 5.61. The van der Waals surface area contributed by atoms with Gasteiger partial charge < -0.3 is 10.0 Å². The van der Waals surface area contributed by atoms with Crippen LogP contribution in [-0.2, 0) is 9.59 Å². The molecule has 0 radical (unpaired) electrons. The fourth-order valence-corrected chi connectivity index (χ4v) is 1.79. The molecule has 1 N–H and O–H groups in total. The number of likely N-dealkylation sites (N-methyl/N-ethyl adjacent to an activating group) is 2. The van der Waals surface area contributed by atoms with E-state index in [-0.39, 0.29) is 12.5 Å². The van der Waals surface area contributed by atoms with Crippen molar-refractivity contribution in [1.29, 1.82) is 0 Å². The monoisotopic (exact) mass is 250 g/mol. The first kappa shape index (κ1) is 14.2. The number of carboxylic acid groups (broad SMARTS) is 1. The highest BCUT2D eigenvalue weighted by atomic mass is 16.4. The zero-order valence-electron chi connectivity index (χ0n) is 10.8. The lowest BCUT2D eigenvalue weighted by molar-refractivity contribution is -0.145. The van der Waals surface area contributed by atoms with Crippen molar-refractivity contribution in [3.63, 3.8) is 0 Å². The summed E-state index contributed by atoms with van der Waals surface area (Å²) in [6, 6.07) is 8.85. The van der Waals surface area contributed by atoms with Gasteiger partial charge in [-0.3, -0.25) is 14.5 Å². The Bertz CT molecular complexity index is 418. The maximum atomic E-state index is 12.2. The summed E-state index contributed by atoms with van der Waals surface area (Å²) in [6.45, 7) is -0.296. The lowest BCUT2D eigenvalue weighted by Crippen LogP contribution is -2.40. The van der Waals surface area contributed by atoms with Crippen LogP contribution in [0.3, 0.4) is 0 Å². The number of rotatable bonds is 5. The van der Waals surface area contributed by atoms with Gasteiger partial charge in [0.05, 0.1) is 0 Å². The summed E-state index contributed by atoms with van der Waals surface area (Å²) in [6.07, 6.45) is 0. The quantitative estimate of drug-likeness (QED) is 0.841. The molecule has 0 aliphatic heterocycles. The fraction of sp³-hybridized carbons (Fsp3) is 0.385. The molecule has 0 heterocycles. The Morgan fingerprint density at radius 2 is 1.72 bits per heavy atom. The minimum Gasteiger partial charge on any atom is -0.480 e. The molecule has 0 aliphatic rings. The lowest BCUT2D eigenvalue weighted by atomic mass is 10.0. The van der Waals surface area contributed by atoms with Gasteiger partial charge in [0.2, 0.25) is 5.91 Å². The molecule has 1 unspecified atom stereocenters. The van der Waals surface area contributed by atoms with Crippen LogP contribution in [0.2, 0.25) is 0 Å². The molecule has 1 rings (SSSR count). The van der Waals surface area contributed by atoms with Gasteiger partial charge in [-0.25, -0.2) is 0 Å². The Balaban J connectivity index is 2.93. The number of carboxylic acids is 1. The molecule has 0 aliphatic carbocycles. The second kappa shape index (κ2) is 6.16. The zero-order valence-corrected chi connectivity index (χ0v) is 10.8. The summed E-state index contributed by atoms with van der Waals surface area (Å²) < 4.78 is 0. The average molecular weight is 250 g/mol. The van der Waals surface area contributed by atoms with Crippen LogP contribution in [0.4, 0.5) is 0 Å². The van der Waals surface area contributed by atoms with E-state index in [1.165, 1.54) is 11.9 Å². The summed E-state index contributed by atoms with van der Waals surface area (Å²) in [5, 5.41) is 8.72. The number of benzene rings is 1. The van der Waals surface area contributed by atoms with Gasteiger partial charge in [0.25, 0.3) is 0 Å². The molecule has 0 fully saturated rings. The normalized spacial score (nSPS) is 12.2. The molecule has 1 atom stereocenters. The van der Waals surface area contributed by atoms with Crippen LogP contribution < -0.4 is 0 Å². The molecule has 0 aromatic heterocycles. The molecule has 5 nitrogen and oxygen atoms in total. The number of carbonyl (C=O) groups is 2. The minimum atomic E-state index is -1.02. The highest BCUT2D eigenvalue weighted by Gasteiger charge is 2.26. The number of hydrogen-bond donors (Lipinski definition) is 1. The second-order valence-electron chi connectivity index (χ2n) is 4.36. The smallest absolute Gasteiger partial charge is 0.323 e. The molecule has 0 saturated carbocycles. The second-order valence-corrected chi connectivity index (χ2v) is 4.36. The molecule has 98 valence electrons. The highest BCUT2D eigenvalue weighted by molar-refractivity contribution is 5.86. The van der Waals surface area contributed by atoms with Crippen molar-refractivity contribution in [3.05, 3.63) is 35.9 Å². The van der Waals surface area contributed by atoms with E-state index in [4.69, 9.17) is 5.11 Å². The lowest BCUT2D eigenvalue weighted by Gasteiger charge is -2.27. The first-order chi connectivity index (χ1) is 8.43. The molecular formula is C13H18N2O3. The first-order valence-electron chi connectivity index (χ1n) is 5.61. The molecular weight excluding hydrogens is 232 g/mol. The molecule has 0 spiro atoms. The molecule has 1 aromatic carbocycles. The largest absolute Gasteiger partial charge is 0.480 e. The van der Waals surface area contributed by atoms with Crippen LogP contribution in [0.25, 0.3) is 0 Å². The maximum absolute atomic E-state index is 12.2. The number of aliphatic carboxylic acids is 1. The Hall–Kier alpha value is -1.88. The SMILES string of the molecule is CN(CC(=O)O)C(=O)C(c1ccccc1)N(C)C. The van der Waals surface area contributed by atoms with E-state index in [1.54, 1.807) is 19.0 Å². The number of amides is 1. The van der Waals surface area contributed by atoms with Crippen LogP contribution in [0.5, 0.6) is 0 Å². The van der Waals surface area contributed by atoms with Crippen molar-refractivity contribution < 1.29 is 14.7 Å². The standard InChI is InChI=1S/C13H18N2O3/c1-14(2)12(10-7-5-4-6-8-10)13(18)15(3)9-11(16)17/h4-8,12H,9H2,1-3H3,(H,16,17). The highest BCUT2D eigenvalue weighted by Crippen LogP contribution is 2.19. The Labute approximate surface area is 107 Å². The van der Waals surface area contributed by atoms with Gasteiger partial charge in [0.15, 0.2) is 0 Å². The Kier molecular flexibility index (Phi) is 4.85. The molecule has 0 bridgehead atoms. The summed E-state index contributed by atoms with van der Waals surface area (Å²) in [5.74, 6) is -1.25. The van der Waals surface area contributed by atoms with Crippen molar-refractivity contribution in [3.8, 4) is 0 Å². The third-order valence-electron chi connectivity index (χ3n) is 2.61. The molecule has 0 saturated heterocycles. The summed E-state index contributed by atoms with van der Waals surface area (Å²) in [5.41, 5.74) is 0.852. The van der Waals surface area contributed by atoms with Crippen molar-refractivity contribution in [2.24, 2.45) is 0 Å². The Morgan fingerprint density at radius 1 is 1.17 bits per heavy atom. The van der Waals surface area contributed by atoms with Crippen molar-refractivity contribution in [1.82, 2.24) is 9.80 Å². The Morgan fingerprint density at radius 3 is 2.17 bits per heavy atom. The van der Waals surface area contributed by atoms with Crippen LogP contribution in [-0.4, -0.2) is 54.5 Å². The van der Waals surface area contributed by atoms with Gasteiger partial charge in [-0.05, 0) is 19.7 Å². The number of hydrogen-bond acceptors (Lipinski definition) is 3. The predicted molar refractivity (Wildman–Crippen MR) is 68.1 cm³/mol. The third kappa shape index (κ3) is 3.56. The van der Waals surface area contributed by atoms with Crippen LogP contribution in [0, 0.1) is 0 Å². The van der Waals surface area contributed by atoms with Gasteiger partial charge in [0.1, 0.15) is 12.6 Å². The zero-order chi connectivity index (χ0) is 13.7. The van der Waals surface area contributed by atoms with Gasteiger partial charge in [-0.2, -0.15) is 0 Å². The number of nitrogens with zero attached hydrogens (tertiary/aromatic N) is 2. The van der Waals surface area contributed by atoms with Gasteiger partial charge >= 0.3 is 5.97 Å². The number of carbonyl (C=O) groups excluding carboxylic acids is 1. The van der Waals surface area contributed by atoms with Crippen molar-refractivity contribution >= 4 is 11.9 Å². The van der Waals surface area contributed by atoms with Gasteiger partial charge in [0, 0.05) is 7.05 Å². The molecule has 1 aromatic rings. The summed E-state index contributed by atoms with van der Waals surface area (Å²) in [7, 11) is 5.09. The van der Waals surface area contributed by atoms with Crippen LogP contribution in [0.15, 0.2) is 30.3 Å². The average Bonchev–Trinajstić information content (AvgIpc) is 2.29. The van der Waals surface area contributed by atoms with E-state index < -0.39 is 12.0 Å². The molecule has 18 heavy (non-hydrogen) atoms. The summed E-state index contributed by atoms with van der Waals surface area (Å²) in [4.78, 5) is 25.9. The van der Waals surface area contributed by atoms with Crippen LogP contribution >= 0.6 is 0 Å². The van der Waals surface area contributed by atoms with Crippen molar-refractivity contribution in [2.75, 3.05) is 27.7 Å². The maximum Gasteiger partial charge on any atom is 0.323 e. The summed E-state index contributed by atoms with van der Waals surface area (Å²) >= 11 is 0. The van der Waals surface area contributed by atoms with Gasteiger partial charge in [-0.1, -0.05) is 30.3 Å². The van der Waals surface area contributed by atoms with E-state index in [9.17, 15) is 9.59 Å². The van der Waals surface area contributed by atoms with E-state index in [2.05, 4.69) is 0 Å². The van der Waals surface area contributed by atoms with Gasteiger partial charge in [-0.15, -0.1) is 0 Å². The fourth-order valence-electron chi connectivity index (χ4n) is 1.79. The van der Waals surface area contributed by atoms with Crippen molar-refractivity contribution in [2.45, 2.75) is 6.04 Å². The van der Waals surface area contributed by atoms with E-state index >= 15 is 0 Å².